The predicted molar refractivity (Wildman–Crippen MR) is 95.0 cm³/mol. The Kier molecular flexibility index (Phi) is 5.73. The number of hydrogen-bond donors (Lipinski definition) is 1. The molecule has 25 heavy (non-hydrogen) atoms. The molecular formula is C18H24N2O4S. The largest absolute Gasteiger partial charge is 0.477 e. The van der Waals surface area contributed by atoms with E-state index in [4.69, 9.17) is 5.11 Å². The molecule has 1 N–H and O–H groups in total. The zero-order chi connectivity index (χ0) is 17.8. The van der Waals surface area contributed by atoms with E-state index in [1.165, 1.54) is 25.3 Å². The molecule has 0 radical (unpaired) electrons. The van der Waals surface area contributed by atoms with Crippen molar-refractivity contribution >= 4 is 29.1 Å². The molecule has 1 aliphatic carbocycles. The fourth-order valence-electron chi connectivity index (χ4n) is 3.65. The zero-order valence-corrected chi connectivity index (χ0v) is 15.1. The summed E-state index contributed by atoms with van der Waals surface area (Å²) in [6, 6.07) is 3.03. The van der Waals surface area contributed by atoms with Crippen molar-refractivity contribution in [2.24, 2.45) is 5.92 Å². The first-order valence-electron chi connectivity index (χ1n) is 8.95. The van der Waals surface area contributed by atoms with E-state index < -0.39 is 5.97 Å². The molecule has 7 heteroatoms. The molecule has 1 aliphatic heterocycles. The highest BCUT2D eigenvalue weighted by molar-refractivity contribution is 7.15. The van der Waals surface area contributed by atoms with Gasteiger partial charge in [0.1, 0.15) is 4.88 Å². The van der Waals surface area contributed by atoms with Crippen LogP contribution in [0.2, 0.25) is 0 Å². The Morgan fingerprint density at radius 2 is 1.56 bits per heavy atom. The van der Waals surface area contributed by atoms with E-state index in [0.29, 0.717) is 43.4 Å². The van der Waals surface area contributed by atoms with Gasteiger partial charge >= 0.3 is 5.97 Å². The van der Waals surface area contributed by atoms with Gasteiger partial charge in [-0.05, 0) is 30.9 Å². The third kappa shape index (κ3) is 4.39. The molecule has 6 nitrogen and oxygen atoms in total. The molecule has 0 unspecified atom stereocenters. The van der Waals surface area contributed by atoms with Crippen LogP contribution in [0.4, 0.5) is 0 Å². The maximum absolute atomic E-state index is 12.5. The molecule has 0 atom stereocenters. The molecule has 3 rings (SSSR count). The highest BCUT2D eigenvalue weighted by atomic mass is 32.1. The Morgan fingerprint density at radius 1 is 0.960 bits per heavy atom. The Labute approximate surface area is 151 Å². The summed E-state index contributed by atoms with van der Waals surface area (Å²) in [6.45, 7) is 2.15. The number of rotatable bonds is 4. The van der Waals surface area contributed by atoms with Crippen molar-refractivity contribution in [1.82, 2.24) is 9.80 Å². The average Bonchev–Trinajstić information content (AvgIpc) is 3.12. The molecule has 0 spiro atoms. The van der Waals surface area contributed by atoms with Crippen LogP contribution in [-0.4, -0.2) is 58.9 Å². The van der Waals surface area contributed by atoms with E-state index in [-0.39, 0.29) is 16.7 Å². The standard InChI is InChI=1S/C18H24N2O4S/c21-16(12-13-4-2-1-3-5-13)19-8-10-20(11-9-19)17(22)14-6-7-15(25-14)18(23)24/h6-7,13H,1-5,8-12H2,(H,23,24). The van der Waals surface area contributed by atoms with Crippen molar-refractivity contribution in [3.05, 3.63) is 21.9 Å². The zero-order valence-electron chi connectivity index (χ0n) is 14.3. The minimum atomic E-state index is -1.01. The van der Waals surface area contributed by atoms with Crippen LogP contribution in [0, 0.1) is 5.92 Å². The molecule has 1 saturated heterocycles. The van der Waals surface area contributed by atoms with Crippen molar-refractivity contribution in [3.8, 4) is 0 Å². The first-order chi connectivity index (χ1) is 12.0. The highest BCUT2D eigenvalue weighted by Crippen LogP contribution is 2.27. The maximum Gasteiger partial charge on any atom is 0.345 e. The first kappa shape index (κ1) is 17.9. The molecule has 2 fully saturated rings. The Morgan fingerprint density at radius 3 is 2.16 bits per heavy atom. The van der Waals surface area contributed by atoms with Gasteiger partial charge in [0, 0.05) is 32.6 Å². The van der Waals surface area contributed by atoms with Crippen molar-refractivity contribution in [2.75, 3.05) is 26.2 Å². The van der Waals surface area contributed by atoms with Gasteiger partial charge in [-0.1, -0.05) is 19.3 Å². The van der Waals surface area contributed by atoms with Crippen LogP contribution in [0.25, 0.3) is 0 Å². The van der Waals surface area contributed by atoms with Gasteiger partial charge in [0.15, 0.2) is 0 Å². The summed E-state index contributed by atoms with van der Waals surface area (Å²) in [5.41, 5.74) is 0. The lowest BCUT2D eigenvalue weighted by Gasteiger charge is -2.35. The Bertz CT molecular complexity index is 643. The normalized spacial score (nSPS) is 19.0. The van der Waals surface area contributed by atoms with Gasteiger partial charge in [0.2, 0.25) is 5.91 Å². The van der Waals surface area contributed by atoms with Crippen molar-refractivity contribution < 1.29 is 19.5 Å². The van der Waals surface area contributed by atoms with Crippen LogP contribution < -0.4 is 0 Å². The molecule has 136 valence electrons. The predicted octanol–water partition coefficient (Wildman–Crippen LogP) is 2.70. The van der Waals surface area contributed by atoms with Crippen molar-refractivity contribution in [2.45, 2.75) is 38.5 Å². The number of thiophene rings is 1. The van der Waals surface area contributed by atoms with Crippen LogP contribution in [0.3, 0.4) is 0 Å². The van der Waals surface area contributed by atoms with Crippen molar-refractivity contribution in [1.29, 1.82) is 0 Å². The monoisotopic (exact) mass is 364 g/mol. The molecule has 2 amide bonds. The lowest BCUT2D eigenvalue weighted by atomic mass is 9.86. The molecule has 1 aromatic rings. The quantitative estimate of drug-likeness (QED) is 0.891. The summed E-state index contributed by atoms with van der Waals surface area (Å²) in [5, 5.41) is 8.96. The number of carbonyl (C=O) groups excluding carboxylic acids is 2. The first-order valence-corrected chi connectivity index (χ1v) is 9.76. The lowest BCUT2D eigenvalue weighted by molar-refractivity contribution is -0.133. The second-order valence-corrected chi connectivity index (χ2v) is 7.93. The number of carboxylic acids is 1. The third-order valence-electron chi connectivity index (χ3n) is 5.14. The minimum Gasteiger partial charge on any atom is -0.477 e. The number of piperazine rings is 1. The fourth-order valence-corrected chi connectivity index (χ4v) is 4.46. The summed E-state index contributed by atoms with van der Waals surface area (Å²) in [5.74, 6) is -0.413. The SMILES string of the molecule is O=C(O)c1ccc(C(=O)N2CCN(C(=O)CC3CCCCC3)CC2)s1. The van der Waals surface area contributed by atoms with Gasteiger partial charge < -0.3 is 14.9 Å². The van der Waals surface area contributed by atoms with Gasteiger partial charge in [0.05, 0.1) is 4.88 Å². The average molecular weight is 364 g/mol. The number of carbonyl (C=O) groups is 3. The van der Waals surface area contributed by atoms with Gasteiger partial charge in [-0.3, -0.25) is 9.59 Å². The van der Waals surface area contributed by atoms with Gasteiger partial charge in [0.25, 0.3) is 5.91 Å². The van der Waals surface area contributed by atoms with Crippen LogP contribution in [0.1, 0.15) is 57.9 Å². The summed E-state index contributed by atoms with van der Waals surface area (Å²) in [6.07, 6.45) is 6.72. The van der Waals surface area contributed by atoms with E-state index in [2.05, 4.69) is 0 Å². The van der Waals surface area contributed by atoms with E-state index in [1.807, 2.05) is 4.90 Å². The topological polar surface area (TPSA) is 77.9 Å². The molecular weight excluding hydrogens is 340 g/mol. The number of carboxylic acid groups (broad SMARTS) is 1. The van der Waals surface area contributed by atoms with Crippen LogP contribution >= 0.6 is 11.3 Å². The third-order valence-corrected chi connectivity index (χ3v) is 6.20. The number of nitrogens with zero attached hydrogens (tertiary/aromatic N) is 2. The van der Waals surface area contributed by atoms with E-state index in [9.17, 15) is 14.4 Å². The minimum absolute atomic E-state index is 0.142. The van der Waals surface area contributed by atoms with E-state index in [0.717, 1.165) is 24.2 Å². The summed E-state index contributed by atoms with van der Waals surface area (Å²) >= 11 is 1.00. The van der Waals surface area contributed by atoms with Gasteiger partial charge in [-0.25, -0.2) is 4.79 Å². The highest BCUT2D eigenvalue weighted by Gasteiger charge is 2.27. The Hall–Kier alpha value is -1.89. The molecule has 2 aliphatic rings. The summed E-state index contributed by atoms with van der Waals surface area (Å²) in [7, 11) is 0. The number of amides is 2. The van der Waals surface area contributed by atoms with Crippen LogP contribution in [0.5, 0.6) is 0 Å². The summed E-state index contributed by atoms with van der Waals surface area (Å²) in [4.78, 5) is 40.1. The Balaban J connectivity index is 1.49. The molecule has 1 aromatic heterocycles. The summed E-state index contributed by atoms with van der Waals surface area (Å²) < 4.78 is 0. The smallest absolute Gasteiger partial charge is 0.345 e. The molecule has 1 saturated carbocycles. The van der Waals surface area contributed by atoms with Crippen molar-refractivity contribution in [3.63, 3.8) is 0 Å². The molecule has 0 aromatic carbocycles. The van der Waals surface area contributed by atoms with Crippen LogP contribution in [0.15, 0.2) is 12.1 Å². The van der Waals surface area contributed by atoms with Gasteiger partial charge in [-0.15, -0.1) is 11.3 Å². The van der Waals surface area contributed by atoms with E-state index >= 15 is 0 Å². The molecule has 0 bridgehead atoms. The van der Waals surface area contributed by atoms with Gasteiger partial charge in [-0.2, -0.15) is 0 Å². The van der Waals surface area contributed by atoms with E-state index in [1.54, 1.807) is 11.0 Å². The number of aromatic carboxylic acids is 1. The second kappa shape index (κ2) is 7.99. The molecule has 2 heterocycles. The fraction of sp³-hybridized carbons (Fsp3) is 0.611. The maximum atomic E-state index is 12.5. The second-order valence-electron chi connectivity index (χ2n) is 6.85. The lowest BCUT2D eigenvalue weighted by Crippen LogP contribution is -2.50. The van der Waals surface area contributed by atoms with Crippen LogP contribution in [-0.2, 0) is 4.79 Å². The number of hydrogen-bond acceptors (Lipinski definition) is 4.